The van der Waals surface area contributed by atoms with Gasteiger partial charge in [0.2, 0.25) is 5.88 Å². The molecule has 0 aliphatic carbocycles. The molecule has 0 aliphatic heterocycles. The first-order chi connectivity index (χ1) is 14.1. The van der Waals surface area contributed by atoms with Crippen LogP contribution in [0, 0.1) is 0 Å². The van der Waals surface area contributed by atoms with Crippen LogP contribution in [0.1, 0.15) is 5.56 Å². The summed E-state index contributed by atoms with van der Waals surface area (Å²) < 4.78 is 17.3. The molecule has 2 N–H and O–H groups in total. The highest BCUT2D eigenvalue weighted by Gasteiger charge is 2.10. The Morgan fingerprint density at radius 1 is 0.931 bits per heavy atom. The van der Waals surface area contributed by atoms with E-state index in [0.717, 1.165) is 16.5 Å². The molecule has 146 valence electrons. The number of hydrogen-bond acceptors (Lipinski definition) is 5. The van der Waals surface area contributed by atoms with Gasteiger partial charge in [0, 0.05) is 23.6 Å². The Hall–Kier alpha value is -3.44. The molecule has 4 rings (SSSR count). The number of pyridine rings is 1. The lowest BCUT2D eigenvalue weighted by atomic mass is 10.2. The van der Waals surface area contributed by atoms with Gasteiger partial charge >= 0.3 is 0 Å². The van der Waals surface area contributed by atoms with E-state index in [9.17, 15) is 0 Å². The van der Waals surface area contributed by atoms with E-state index in [1.165, 1.54) is 0 Å². The summed E-state index contributed by atoms with van der Waals surface area (Å²) in [6, 6.07) is 22.5. The predicted molar refractivity (Wildman–Crippen MR) is 115 cm³/mol. The standard InChI is InChI=1S/C23H19ClN2O3/c1-27-21-11-16-7-10-23(29-17-8-9-19(25)18(24)12-17)26-20(16)13-22(21)28-14-15-5-3-2-4-6-15/h2-13H,14,25H2,1H3. The molecule has 6 heteroatoms. The van der Waals surface area contributed by atoms with Crippen molar-refractivity contribution in [3.8, 4) is 23.1 Å². The van der Waals surface area contributed by atoms with Gasteiger partial charge in [0.25, 0.3) is 0 Å². The van der Waals surface area contributed by atoms with Crippen molar-refractivity contribution in [3.05, 3.63) is 83.4 Å². The fourth-order valence-electron chi connectivity index (χ4n) is 2.87. The van der Waals surface area contributed by atoms with Gasteiger partial charge in [-0.3, -0.25) is 0 Å². The van der Waals surface area contributed by atoms with Crippen LogP contribution in [-0.2, 0) is 6.61 Å². The molecule has 29 heavy (non-hydrogen) atoms. The molecule has 1 heterocycles. The predicted octanol–water partition coefficient (Wildman–Crippen LogP) is 5.85. The monoisotopic (exact) mass is 406 g/mol. The number of fused-ring (bicyclic) bond motifs is 1. The quantitative estimate of drug-likeness (QED) is 0.407. The third-order valence-electron chi connectivity index (χ3n) is 4.38. The van der Waals surface area contributed by atoms with E-state index < -0.39 is 0 Å². The van der Waals surface area contributed by atoms with Crippen LogP contribution in [0.3, 0.4) is 0 Å². The molecule has 5 nitrogen and oxygen atoms in total. The summed E-state index contributed by atoms with van der Waals surface area (Å²) in [6.07, 6.45) is 0. The highest BCUT2D eigenvalue weighted by Crippen LogP contribution is 2.34. The molecule has 0 bridgehead atoms. The zero-order valence-corrected chi connectivity index (χ0v) is 16.5. The molecule has 0 unspecified atom stereocenters. The Labute approximate surface area is 173 Å². The first-order valence-corrected chi connectivity index (χ1v) is 9.38. The summed E-state index contributed by atoms with van der Waals surface area (Å²) in [5.41, 5.74) is 8.04. The summed E-state index contributed by atoms with van der Waals surface area (Å²) in [5, 5.41) is 1.35. The zero-order valence-electron chi connectivity index (χ0n) is 15.8. The van der Waals surface area contributed by atoms with Crippen LogP contribution < -0.4 is 19.9 Å². The van der Waals surface area contributed by atoms with Crippen molar-refractivity contribution in [3.63, 3.8) is 0 Å². The number of nitrogen functional groups attached to an aromatic ring is 1. The van der Waals surface area contributed by atoms with Crippen molar-refractivity contribution >= 4 is 28.2 Å². The number of rotatable bonds is 6. The maximum atomic E-state index is 6.06. The van der Waals surface area contributed by atoms with Crippen LogP contribution in [0.5, 0.6) is 23.1 Å². The van der Waals surface area contributed by atoms with Gasteiger partial charge in [-0.25, -0.2) is 4.98 Å². The molecule has 0 amide bonds. The van der Waals surface area contributed by atoms with Crippen molar-refractivity contribution in [2.24, 2.45) is 0 Å². The van der Waals surface area contributed by atoms with Crippen molar-refractivity contribution in [2.75, 3.05) is 12.8 Å². The van der Waals surface area contributed by atoms with Crippen LogP contribution >= 0.6 is 11.6 Å². The third-order valence-corrected chi connectivity index (χ3v) is 4.71. The van der Waals surface area contributed by atoms with Gasteiger partial charge in [-0.05, 0) is 29.8 Å². The molecule has 0 aliphatic rings. The largest absolute Gasteiger partial charge is 0.493 e. The second-order valence-corrected chi connectivity index (χ2v) is 6.81. The smallest absolute Gasteiger partial charge is 0.219 e. The van der Waals surface area contributed by atoms with Gasteiger partial charge in [-0.2, -0.15) is 0 Å². The Bertz CT molecular complexity index is 1150. The Kier molecular flexibility index (Phi) is 5.40. The first-order valence-electron chi connectivity index (χ1n) is 9.01. The number of ether oxygens (including phenoxy) is 3. The average molecular weight is 407 g/mol. The minimum atomic E-state index is 0.433. The Morgan fingerprint density at radius 2 is 1.76 bits per heavy atom. The van der Waals surface area contributed by atoms with Crippen molar-refractivity contribution in [1.29, 1.82) is 0 Å². The van der Waals surface area contributed by atoms with Crippen molar-refractivity contribution in [1.82, 2.24) is 4.98 Å². The number of halogens is 1. The molecule has 0 atom stereocenters. The second kappa shape index (κ2) is 8.29. The molecule has 0 saturated heterocycles. The van der Waals surface area contributed by atoms with Gasteiger partial charge in [0.15, 0.2) is 11.5 Å². The zero-order chi connectivity index (χ0) is 20.2. The van der Waals surface area contributed by atoms with Gasteiger partial charge in [-0.1, -0.05) is 41.9 Å². The summed E-state index contributed by atoms with van der Waals surface area (Å²) in [5.74, 6) is 2.26. The molecule has 0 fully saturated rings. The maximum absolute atomic E-state index is 6.06. The maximum Gasteiger partial charge on any atom is 0.219 e. The first kappa shape index (κ1) is 18.9. The number of aromatic nitrogens is 1. The van der Waals surface area contributed by atoms with Crippen molar-refractivity contribution < 1.29 is 14.2 Å². The van der Waals surface area contributed by atoms with Crippen LogP contribution in [0.15, 0.2) is 72.8 Å². The molecule has 3 aromatic carbocycles. The number of anilines is 1. The van der Waals surface area contributed by atoms with Crippen LogP contribution in [0.2, 0.25) is 5.02 Å². The van der Waals surface area contributed by atoms with E-state index >= 15 is 0 Å². The topological polar surface area (TPSA) is 66.6 Å². The number of nitrogens with zero attached hydrogens (tertiary/aromatic N) is 1. The van der Waals surface area contributed by atoms with E-state index in [2.05, 4.69) is 4.98 Å². The minimum absolute atomic E-state index is 0.433. The SMILES string of the molecule is COc1cc2ccc(Oc3ccc(N)c(Cl)c3)nc2cc1OCc1ccccc1. The molecular weight excluding hydrogens is 388 g/mol. The summed E-state index contributed by atoms with van der Waals surface area (Å²) in [7, 11) is 1.62. The fourth-order valence-corrected chi connectivity index (χ4v) is 3.04. The van der Waals surface area contributed by atoms with Gasteiger partial charge in [0.1, 0.15) is 12.4 Å². The van der Waals surface area contributed by atoms with Gasteiger partial charge < -0.3 is 19.9 Å². The van der Waals surface area contributed by atoms with E-state index in [1.54, 1.807) is 31.4 Å². The van der Waals surface area contributed by atoms with E-state index in [-0.39, 0.29) is 0 Å². The van der Waals surface area contributed by atoms with Crippen LogP contribution in [0.4, 0.5) is 5.69 Å². The van der Waals surface area contributed by atoms with E-state index in [0.29, 0.717) is 40.4 Å². The lowest BCUT2D eigenvalue weighted by molar-refractivity contribution is 0.285. The van der Waals surface area contributed by atoms with E-state index in [4.69, 9.17) is 31.5 Å². The number of benzene rings is 3. The molecule has 1 aromatic heterocycles. The van der Waals surface area contributed by atoms with Gasteiger partial charge in [-0.15, -0.1) is 0 Å². The molecule has 0 saturated carbocycles. The molecule has 0 spiro atoms. The molecule has 0 radical (unpaired) electrons. The molecular formula is C23H19ClN2O3. The Morgan fingerprint density at radius 3 is 2.52 bits per heavy atom. The summed E-state index contributed by atoms with van der Waals surface area (Å²) in [4.78, 5) is 4.58. The fraction of sp³-hybridized carbons (Fsp3) is 0.0870. The van der Waals surface area contributed by atoms with Gasteiger partial charge in [0.05, 0.1) is 23.3 Å². The average Bonchev–Trinajstić information content (AvgIpc) is 2.75. The normalized spacial score (nSPS) is 10.7. The second-order valence-electron chi connectivity index (χ2n) is 6.40. The summed E-state index contributed by atoms with van der Waals surface area (Å²) >= 11 is 6.06. The summed E-state index contributed by atoms with van der Waals surface area (Å²) in [6.45, 7) is 0.433. The molecule has 4 aromatic rings. The minimum Gasteiger partial charge on any atom is -0.493 e. The third kappa shape index (κ3) is 4.36. The highest BCUT2D eigenvalue weighted by molar-refractivity contribution is 6.33. The highest BCUT2D eigenvalue weighted by atomic mass is 35.5. The van der Waals surface area contributed by atoms with Crippen molar-refractivity contribution in [2.45, 2.75) is 6.61 Å². The lowest BCUT2D eigenvalue weighted by Crippen LogP contribution is -1.98. The number of hydrogen-bond donors (Lipinski definition) is 1. The number of methoxy groups -OCH3 is 1. The number of nitrogens with two attached hydrogens (primary N) is 1. The van der Waals surface area contributed by atoms with E-state index in [1.807, 2.05) is 48.5 Å². The Balaban J connectivity index is 1.61. The van der Waals surface area contributed by atoms with Crippen LogP contribution in [0.25, 0.3) is 10.9 Å². The lowest BCUT2D eigenvalue weighted by Gasteiger charge is -2.13. The van der Waals surface area contributed by atoms with Crippen LogP contribution in [-0.4, -0.2) is 12.1 Å².